The number of halogens is 2. The molecule has 1 aromatic rings. The lowest BCUT2D eigenvalue weighted by Gasteiger charge is -2.31. The maximum atomic E-state index is 5.91. The van der Waals surface area contributed by atoms with Crippen LogP contribution in [-0.4, -0.2) is 23.0 Å². The van der Waals surface area contributed by atoms with Crippen LogP contribution in [0.25, 0.3) is 0 Å². The Morgan fingerprint density at radius 3 is 2.35 bits per heavy atom. The first-order valence-electron chi connectivity index (χ1n) is 6.17. The van der Waals surface area contributed by atoms with Crippen LogP contribution < -0.4 is 0 Å². The van der Waals surface area contributed by atoms with Crippen molar-refractivity contribution in [1.29, 1.82) is 0 Å². The van der Waals surface area contributed by atoms with Crippen LogP contribution in [0.5, 0.6) is 0 Å². The molecule has 1 saturated carbocycles. The lowest BCUT2D eigenvalue weighted by atomic mass is 9.94. The molecule has 4 heteroatoms. The Bertz CT molecular complexity index is 355. The van der Waals surface area contributed by atoms with Crippen molar-refractivity contribution >= 4 is 23.2 Å². The van der Waals surface area contributed by atoms with Crippen molar-refractivity contribution in [3.63, 3.8) is 0 Å². The molecule has 94 valence electrons. The normalized spacial score (nSPS) is 17.6. The number of rotatable bonds is 3. The first kappa shape index (κ1) is 13.1. The third kappa shape index (κ3) is 3.84. The quantitative estimate of drug-likeness (QED) is 0.769. The summed E-state index contributed by atoms with van der Waals surface area (Å²) in [5.41, 5.74) is 1.14. The number of pyridine rings is 1. The number of hydrogen-bond acceptors (Lipinski definition) is 2. The molecule has 0 amide bonds. The van der Waals surface area contributed by atoms with Crippen molar-refractivity contribution in [3.05, 3.63) is 28.0 Å². The first-order valence-corrected chi connectivity index (χ1v) is 6.93. The molecular weight excluding hydrogens is 255 g/mol. The van der Waals surface area contributed by atoms with Crippen LogP contribution in [-0.2, 0) is 6.54 Å². The van der Waals surface area contributed by atoms with Gasteiger partial charge >= 0.3 is 0 Å². The lowest BCUT2D eigenvalue weighted by Crippen LogP contribution is -2.32. The van der Waals surface area contributed by atoms with Gasteiger partial charge in [0.25, 0.3) is 0 Å². The largest absolute Gasteiger partial charge is 0.299 e. The van der Waals surface area contributed by atoms with E-state index in [-0.39, 0.29) is 0 Å². The highest BCUT2D eigenvalue weighted by Crippen LogP contribution is 2.23. The molecule has 0 bridgehead atoms. The number of hydrogen-bond donors (Lipinski definition) is 0. The minimum Gasteiger partial charge on any atom is -0.299 e. The summed E-state index contributed by atoms with van der Waals surface area (Å²) in [7, 11) is 2.18. The van der Waals surface area contributed by atoms with Crippen LogP contribution in [0, 0.1) is 0 Å². The molecule has 0 aliphatic heterocycles. The van der Waals surface area contributed by atoms with Crippen molar-refractivity contribution in [2.75, 3.05) is 7.05 Å². The summed E-state index contributed by atoms with van der Waals surface area (Å²) in [5.74, 6) is 0. The molecule has 0 unspecified atom stereocenters. The Kier molecular flexibility index (Phi) is 4.66. The van der Waals surface area contributed by atoms with Gasteiger partial charge in [-0.25, -0.2) is 4.98 Å². The maximum Gasteiger partial charge on any atom is 0.131 e. The Balaban J connectivity index is 1.99. The highest BCUT2D eigenvalue weighted by Gasteiger charge is 2.18. The standard InChI is InChI=1S/C13H18Cl2N2/c1-17(11-5-3-2-4-6-11)9-10-7-12(14)16-13(15)8-10/h7-8,11H,2-6,9H2,1H3. The van der Waals surface area contributed by atoms with Crippen molar-refractivity contribution < 1.29 is 0 Å². The van der Waals surface area contributed by atoms with Gasteiger partial charge < -0.3 is 0 Å². The van der Waals surface area contributed by atoms with Crippen molar-refractivity contribution in [3.8, 4) is 0 Å². The van der Waals surface area contributed by atoms with Gasteiger partial charge in [0.2, 0.25) is 0 Å². The molecular formula is C13H18Cl2N2. The van der Waals surface area contributed by atoms with Crippen LogP contribution in [0.3, 0.4) is 0 Å². The average Bonchev–Trinajstić information content (AvgIpc) is 2.28. The van der Waals surface area contributed by atoms with Crippen LogP contribution in [0.1, 0.15) is 37.7 Å². The molecule has 2 rings (SSSR count). The van der Waals surface area contributed by atoms with Gasteiger partial charge in [-0.2, -0.15) is 0 Å². The molecule has 0 spiro atoms. The Morgan fingerprint density at radius 2 is 1.76 bits per heavy atom. The van der Waals surface area contributed by atoms with E-state index in [1.165, 1.54) is 32.1 Å². The molecule has 1 heterocycles. The van der Waals surface area contributed by atoms with E-state index in [1.54, 1.807) is 0 Å². The SMILES string of the molecule is CN(Cc1cc(Cl)nc(Cl)c1)C1CCCCC1. The highest BCUT2D eigenvalue weighted by molar-refractivity contribution is 6.32. The summed E-state index contributed by atoms with van der Waals surface area (Å²) < 4.78 is 0. The van der Waals surface area contributed by atoms with E-state index in [9.17, 15) is 0 Å². The van der Waals surface area contributed by atoms with Crippen LogP contribution >= 0.6 is 23.2 Å². The lowest BCUT2D eigenvalue weighted by molar-refractivity contribution is 0.184. The van der Waals surface area contributed by atoms with Gasteiger partial charge in [-0.3, -0.25) is 4.90 Å². The molecule has 2 nitrogen and oxygen atoms in total. The summed E-state index contributed by atoms with van der Waals surface area (Å²) in [6.07, 6.45) is 6.71. The zero-order valence-corrected chi connectivity index (χ0v) is 11.6. The molecule has 0 saturated heterocycles. The zero-order valence-electron chi connectivity index (χ0n) is 10.1. The fourth-order valence-electron chi connectivity index (χ4n) is 2.54. The third-order valence-corrected chi connectivity index (χ3v) is 3.84. The molecule has 0 N–H and O–H groups in total. The van der Waals surface area contributed by atoms with Crippen molar-refractivity contribution in [2.24, 2.45) is 0 Å². The van der Waals surface area contributed by atoms with Gasteiger partial charge in [-0.1, -0.05) is 42.5 Å². The smallest absolute Gasteiger partial charge is 0.131 e. The van der Waals surface area contributed by atoms with Gasteiger partial charge in [0, 0.05) is 12.6 Å². The fourth-order valence-corrected chi connectivity index (χ4v) is 3.05. The van der Waals surface area contributed by atoms with Crippen LogP contribution in [0.2, 0.25) is 10.3 Å². The minimum absolute atomic E-state index is 0.476. The third-order valence-electron chi connectivity index (χ3n) is 3.45. The average molecular weight is 273 g/mol. The molecule has 1 aliphatic rings. The molecule has 0 radical (unpaired) electrons. The van der Waals surface area contributed by atoms with E-state index >= 15 is 0 Å². The molecule has 17 heavy (non-hydrogen) atoms. The van der Waals surface area contributed by atoms with E-state index in [0.717, 1.165) is 12.1 Å². The van der Waals surface area contributed by atoms with E-state index < -0.39 is 0 Å². The second kappa shape index (κ2) is 6.03. The maximum absolute atomic E-state index is 5.91. The molecule has 1 fully saturated rings. The van der Waals surface area contributed by atoms with E-state index in [2.05, 4.69) is 16.9 Å². The van der Waals surface area contributed by atoms with Gasteiger partial charge in [0.05, 0.1) is 0 Å². The van der Waals surface area contributed by atoms with Gasteiger partial charge in [0.1, 0.15) is 10.3 Å². The molecule has 1 aromatic heterocycles. The molecule has 0 atom stereocenters. The summed E-state index contributed by atoms with van der Waals surface area (Å²) in [6, 6.07) is 4.49. The topological polar surface area (TPSA) is 16.1 Å². The van der Waals surface area contributed by atoms with Gasteiger partial charge in [-0.05, 0) is 37.6 Å². The van der Waals surface area contributed by atoms with E-state index in [1.807, 2.05) is 12.1 Å². The monoisotopic (exact) mass is 272 g/mol. The summed E-state index contributed by atoms with van der Waals surface area (Å²) >= 11 is 11.8. The first-order chi connectivity index (χ1) is 8.15. The number of aromatic nitrogens is 1. The Labute approximate surface area is 113 Å². The predicted molar refractivity (Wildman–Crippen MR) is 72.6 cm³/mol. The molecule has 1 aliphatic carbocycles. The van der Waals surface area contributed by atoms with Crippen molar-refractivity contribution in [1.82, 2.24) is 9.88 Å². The van der Waals surface area contributed by atoms with Gasteiger partial charge in [-0.15, -0.1) is 0 Å². The van der Waals surface area contributed by atoms with Gasteiger partial charge in [0.15, 0.2) is 0 Å². The fraction of sp³-hybridized carbons (Fsp3) is 0.615. The summed E-state index contributed by atoms with van der Waals surface area (Å²) in [4.78, 5) is 6.37. The van der Waals surface area contributed by atoms with Crippen LogP contribution in [0.15, 0.2) is 12.1 Å². The molecule has 0 aromatic carbocycles. The second-order valence-electron chi connectivity index (χ2n) is 4.83. The van der Waals surface area contributed by atoms with Crippen LogP contribution in [0.4, 0.5) is 0 Å². The Morgan fingerprint density at radius 1 is 1.18 bits per heavy atom. The highest BCUT2D eigenvalue weighted by atomic mass is 35.5. The van der Waals surface area contributed by atoms with Crippen molar-refractivity contribution in [2.45, 2.75) is 44.7 Å². The second-order valence-corrected chi connectivity index (χ2v) is 5.60. The van der Waals surface area contributed by atoms with E-state index in [4.69, 9.17) is 23.2 Å². The zero-order chi connectivity index (χ0) is 12.3. The summed E-state index contributed by atoms with van der Waals surface area (Å²) in [6.45, 7) is 0.895. The predicted octanol–water partition coefficient (Wildman–Crippen LogP) is 4.15. The number of nitrogens with zero attached hydrogens (tertiary/aromatic N) is 2. The minimum atomic E-state index is 0.476. The Hall–Kier alpha value is -0.310. The summed E-state index contributed by atoms with van der Waals surface area (Å²) in [5, 5.41) is 0.953. The van der Waals surface area contributed by atoms with E-state index in [0.29, 0.717) is 16.3 Å².